The SMILES string of the molecule is CCO[Si](CCCOCCC(F)(F)F)(OCC)OCC. The van der Waals surface area contributed by atoms with Crippen molar-refractivity contribution in [3.63, 3.8) is 0 Å². The minimum absolute atomic E-state index is 0.248. The average molecular weight is 318 g/mol. The van der Waals surface area contributed by atoms with Gasteiger partial charge in [-0.25, -0.2) is 0 Å². The van der Waals surface area contributed by atoms with Crippen molar-refractivity contribution in [3.05, 3.63) is 0 Å². The minimum Gasteiger partial charge on any atom is -0.381 e. The number of hydrogen-bond acceptors (Lipinski definition) is 4. The Hall–Kier alpha value is -0.153. The molecule has 0 spiro atoms. The van der Waals surface area contributed by atoms with Crippen LogP contribution in [0.5, 0.6) is 0 Å². The predicted molar refractivity (Wildman–Crippen MR) is 71.5 cm³/mol. The zero-order valence-corrected chi connectivity index (χ0v) is 13.4. The predicted octanol–water partition coefficient (Wildman–Crippen LogP) is 3.39. The third kappa shape index (κ3) is 9.70. The number of rotatable bonds is 12. The lowest BCUT2D eigenvalue weighted by atomic mass is 10.4. The standard InChI is InChI=1S/C12H25F3O4Si/c1-4-17-20(18-5-2,19-6-3)11-7-9-16-10-8-12(13,14)15/h4-11H2,1-3H3. The van der Waals surface area contributed by atoms with E-state index in [1.807, 2.05) is 20.8 Å². The van der Waals surface area contributed by atoms with Crippen LogP contribution in [0.1, 0.15) is 33.6 Å². The van der Waals surface area contributed by atoms with Crippen LogP contribution in [0.3, 0.4) is 0 Å². The van der Waals surface area contributed by atoms with E-state index in [0.29, 0.717) is 32.3 Å². The fourth-order valence-corrected chi connectivity index (χ4v) is 4.26. The summed E-state index contributed by atoms with van der Waals surface area (Å²) in [5.74, 6) is 0. The Kier molecular flexibility index (Phi) is 10.5. The van der Waals surface area contributed by atoms with Crippen molar-refractivity contribution in [2.45, 2.75) is 45.8 Å². The zero-order valence-electron chi connectivity index (χ0n) is 12.4. The summed E-state index contributed by atoms with van der Waals surface area (Å²) in [6.45, 7) is 6.98. The van der Waals surface area contributed by atoms with Crippen LogP contribution >= 0.6 is 0 Å². The second-order valence-corrected chi connectivity index (χ2v) is 6.80. The lowest BCUT2D eigenvalue weighted by Crippen LogP contribution is -2.46. The molecule has 0 saturated heterocycles. The van der Waals surface area contributed by atoms with Crippen LogP contribution < -0.4 is 0 Å². The van der Waals surface area contributed by atoms with E-state index >= 15 is 0 Å². The van der Waals surface area contributed by atoms with Gasteiger partial charge in [-0.3, -0.25) is 0 Å². The minimum atomic E-state index is -4.17. The second kappa shape index (κ2) is 10.6. The van der Waals surface area contributed by atoms with Gasteiger partial charge in [0.25, 0.3) is 0 Å². The van der Waals surface area contributed by atoms with Crippen LogP contribution in [0, 0.1) is 0 Å². The Morgan fingerprint density at radius 3 is 1.75 bits per heavy atom. The van der Waals surface area contributed by atoms with Gasteiger partial charge in [-0.2, -0.15) is 13.2 Å². The largest absolute Gasteiger partial charge is 0.501 e. The molecule has 0 atom stereocenters. The van der Waals surface area contributed by atoms with Gasteiger partial charge >= 0.3 is 15.0 Å². The van der Waals surface area contributed by atoms with E-state index in [9.17, 15) is 13.2 Å². The Morgan fingerprint density at radius 1 is 0.850 bits per heavy atom. The molecule has 0 aromatic carbocycles. The van der Waals surface area contributed by atoms with Crippen molar-refractivity contribution in [3.8, 4) is 0 Å². The summed E-state index contributed by atoms with van der Waals surface area (Å²) in [6, 6.07) is 0.550. The van der Waals surface area contributed by atoms with Crippen molar-refractivity contribution in [1.29, 1.82) is 0 Å². The highest BCUT2D eigenvalue weighted by Crippen LogP contribution is 2.20. The smallest absolute Gasteiger partial charge is 0.381 e. The van der Waals surface area contributed by atoms with Crippen LogP contribution in [0.2, 0.25) is 6.04 Å². The fourth-order valence-electron chi connectivity index (χ4n) is 1.68. The molecular weight excluding hydrogens is 293 g/mol. The summed E-state index contributed by atoms with van der Waals surface area (Å²) in [5, 5.41) is 0. The molecule has 0 N–H and O–H groups in total. The first-order chi connectivity index (χ1) is 9.39. The van der Waals surface area contributed by atoms with Crippen molar-refractivity contribution >= 4 is 8.80 Å². The molecule has 20 heavy (non-hydrogen) atoms. The lowest BCUT2D eigenvalue weighted by Gasteiger charge is -2.28. The van der Waals surface area contributed by atoms with Gasteiger partial charge in [-0.1, -0.05) is 0 Å². The maximum atomic E-state index is 11.9. The van der Waals surface area contributed by atoms with E-state index in [4.69, 9.17) is 18.0 Å². The summed E-state index contributed by atoms with van der Waals surface area (Å²) in [7, 11) is -2.69. The molecule has 0 amide bonds. The van der Waals surface area contributed by atoms with Gasteiger partial charge in [0, 0.05) is 32.5 Å². The normalized spacial score (nSPS) is 12.9. The maximum Gasteiger partial charge on any atom is 0.501 e. The van der Waals surface area contributed by atoms with E-state index in [0.717, 1.165) is 0 Å². The monoisotopic (exact) mass is 318 g/mol. The molecule has 0 aliphatic rings. The Balaban J connectivity index is 4.00. The Labute approximate surface area is 119 Å². The van der Waals surface area contributed by atoms with E-state index in [1.54, 1.807) is 0 Å². The van der Waals surface area contributed by atoms with E-state index in [1.165, 1.54) is 0 Å². The van der Waals surface area contributed by atoms with Gasteiger partial charge in [-0.05, 0) is 27.2 Å². The first kappa shape index (κ1) is 19.8. The summed E-state index contributed by atoms with van der Waals surface area (Å²) in [4.78, 5) is 0. The highest BCUT2D eigenvalue weighted by Gasteiger charge is 2.39. The van der Waals surface area contributed by atoms with Gasteiger partial charge in [0.05, 0.1) is 13.0 Å². The molecule has 0 bridgehead atoms. The van der Waals surface area contributed by atoms with Gasteiger partial charge in [0.1, 0.15) is 0 Å². The van der Waals surface area contributed by atoms with Gasteiger partial charge in [0.15, 0.2) is 0 Å². The van der Waals surface area contributed by atoms with Crippen LogP contribution in [0.15, 0.2) is 0 Å². The summed E-state index contributed by atoms with van der Waals surface area (Å²) in [5.41, 5.74) is 0. The summed E-state index contributed by atoms with van der Waals surface area (Å²) < 4.78 is 57.6. The van der Waals surface area contributed by atoms with Crippen LogP contribution in [0.25, 0.3) is 0 Å². The van der Waals surface area contributed by atoms with Crippen LogP contribution in [-0.4, -0.2) is 48.0 Å². The number of alkyl halides is 3. The molecule has 0 saturated carbocycles. The number of hydrogen-bond donors (Lipinski definition) is 0. The highest BCUT2D eigenvalue weighted by molar-refractivity contribution is 6.60. The van der Waals surface area contributed by atoms with Crippen LogP contribution in [0.4, 0.5) is 13.2 Å². The van der Waals surface area contributed by atoms with Gasteiger partial charge < -0.3 is 18.0 Å². The summed E-state index contributed by atoms with van der Waals surface area (Å²) >= 11 is 0. The molecule has 0 aromatic rings. The van der Waals surface area contributed by atoms with Gasteiger partial charge in [0.2, 0.25) is 0 Å². The Morgan fingerprint density at radius 2 is 1.35 bits per heavy atom. The first-order valence-corrected chi connectivity index (χ1v) is 8.88. The molecule has 8 heteroatoms. The molecule has 0 aliphatic carbocycles. The Bertz CT molecular complexity index is 222. The third-order valence-electron chi connectivity index (χ3n) is 2.39. The molecule has 0 radical (unpaired) electrons. The number of ether oxygens (including phenoxy) is 1. The molecule has 0 aromatic heterocycles. The molecule has 0 rings (SSSR count). The van der Waals surface area contributed by atoms with Crippen molar-refractivity contribution in [2.75, 3.05) is 33.0 Å². The molecule has 122 valence electrons. The molecular formula is C12H25F3O4Si. The quantitative estimate of drug-likeness (QED) is 0.408. The molecule has 4 nitrogen and oxygen atoms in total. The van der Waals surface area contributed by atoms with E-state index < -0.39 is 21.4 Å². The molecule has 0 aliphatic heterocycles. The molecule has 0 unspecified atom stereocenters. The summed E-state index contributed by atoms with van der Waals surface area (Å²) in [6.07, 6.45) is -4.53. The average Bonchev–Trinajstić information content (AvgIpc) is 2.33. The second-order valence-electron chi connectivity index (χ2n) is 4.06. The van der Waals surface area contributed by atoms with Crippen LogP contribution in [-0.2, 0) is 18.0 Å². The molecule has 0 heterocycles. The van der Waals surface area contributed by atoms with Crippen molar-refractivity contribution in [2.24, 2.45) is 0 Å². The third-order valence-corrected chi connectivity index (χ3v) is 5.55. The zero-order chi connectivity index (χ0) is 15.5. The van der Waals surface area contributed by atoms with Crippen molar-refractivity contribution in [1.82, 2.24) is 0 Å². The van der Waals surface area contributed by atoms with E-state index in [2.05, 4.69) is 0 Å². The first-order valence-electron chi connectivity index (χ1n) is 6.95. The van der Waals surface area contributed by atoms with Gasteiger partial charge in [-0.15, -0.1) is 0 Å². The van der Waals surface area contributed by atoms with E-state index in [-0.39, 0.29) is 13.2 Å². The fraction of sp³-hybridized carbons (Fsp3) is 1.00. The topological polar surface area (TPSA) is 36.9 Å². The lowest BCUT2D eigenvalue weighted by molar-refractivity contribution is -0.145. The number of halogens is 3. The highest BCUT2D eigenvalue weighted by atomic mass is 28.4. The van der Waals surface area contributed by atoms with Crippen molar-refractivity contribution < 1.29 is 31.2 Å². The maximum absolute atomic E-state index is 11.9. The molecule has 0 fully saturated rings.